The van der Waals surface area contributed by atoms with Crippen molar-refractivity contribution in [1.29, 1.82) is 0 Å². The van der Waals surface area contributed by atoms with Crippen molar-refractivity contribution >= 4 is 52.1 Å². The zero-order valence-corrected chi connectivity index (χ0v) is 18.4. The third kappa shape index (κ3) is 4.33. The van der Waals surface area contributed by atoms with Crippen molar-refractivity contribution in [1.82, 2.24) is 15.2 Å². The van der Waals surface area contributed by atoms with Gasteiger partial charge in [0.15, 0.2) is 11.4 Å². The molecule has 3 rings (SSSR count). The largest absolute Gasteiger partial charge is 0.504 e. The third-order valence-corrected chi connectivity index (χ3v) is 5.90. The summed E-state index contributed by atoms with van der Waals surface area (Å²) in [6, 6.07) is 7.94. The van der Waals surface area contributed by atoms with Gasteiger partial charge in [-0.2, -0.15) is 10.2 Å². The van der Waals surface area contributed by atoms with Gasteiger partial charge in [0.1, 0.15) is 10.6 Å². The van der Waals surface area contributed by atoms with E-state index in [1.54, 1.807) is 32.2 Å². The van der Waals surface area contributed by atoms with Crippen molar-refractivity contribution in [2.75, 3.05) is 7.11 Å². The summed E-state index contributed by atoms with van der Waals surface area (Å²) in [6.07, 6.45) is 0. The maximum atomic E-state index is 12.3. The highest BCUT2D eigenvalue weighted by molar-refractivity contribution is 7.15. The molecule has 0 saturated heterocycles. The van der Waals surface area contributed by atoms with E-state index < -0.39 is 11.9 Å². The van der Waals surface area contributed by atoms with Crippen molar-refractivity contribution in [3.8, 4) is 17.0 Å². The number of hydrogen-bond acceptors (Lipinski definition) is 7. The molecule has 1 aromatic carbocycles. The number of aromatic hydroxyl groups is 1. The van der Waals surface area contributed by atoms with Crippen LogP contribution in [0.3, 0.4) is 0 Å². The molecule has 2 heterocycles. The van der Waals surface area contributed by atoms with Gasteiger partial charge in [-0.25, -0.2) is 10.2 Å². The molecule has 0 aliphatic rings. The van der Waals surface area contributed by atoms with Crippen LogP contribution >= 0.6 is 34.5 Å². The van der Waals surface area contributed by atoms with E-state index in [9.17, 15) is 14.7 Å². The highest BCUT2D eigenvalue weighted by atomic mass is 35.5. The molecule has 1 amide bonds. The van der Waals surface area contributed by atoms with Crippen molar-refractivity contribution in [2.24, 2.45) is 12.1 Å². The number of nitrogens with zero attached hydrogens (tertiary/aromatic N) is 3. The number of carbonyl (C=O) groups is 2. The molecule has 0 aliphatic carbocycles. The number of amides is 1. The van der Waals surface area contributed by atoms with Crippen LogP contribution in [0.4, 0.5) is 0 Å². The highest BCUT2D eigenvalue weighted by Gasteiger charge is 2.20. The van der Waals surface area contributed by atoms with E-state index in [0.717, 1.165) is 11.3 Å². The molecule has 11 heteroatoms. The fourth-order valence-electron chi connectivity index (χ4n) is 2.64. The molecule has 0 bridgehead atoms. The van der Waals surface area contributed by atoms with E-state index in [4.69, 9.17) is 23.2 Å². The van der Waals surface area contributed by atoms with Crippen LogP contribution in [0.1, 0.15) is 32.0 Å². The number of carbonyl (C=O) groups excluding carboxylic acids is 2. The minimum absolute atomic E-state index is 0.115. The van der Waals surface area contributed by atoms with Crippen LogP contribution in [-0.2, 0) is 11.8 Å². The molecule has 30 heavy (non-hydrogen) atoms. The summed E-state index contributed by atoms with van der Waals surface area (Å²) in [4.78, 5) is 24.4. The minimum Gasteiger partial charge on any atom is -0.504 e. The zero-order valence-electron chi connectivity index (χ0n) is 16.1. The van der Waals surface area contributed by atoms with Gasteiger partial charge in [-0.05, 0) is 31.2 Å². The number of esters is 1. The Morgan fingerprint density at radius 2 is 1.90 bits per heavy atom. The third-order valence-electron chi connectivity index (χ3n) is 4.10. The van der Waals surface area contributed by atoms with Gasteiger partial charge in [-0.15, -0.1) is 11.3 Å². The maximum absolute atomic E-state index is 12.3. The summed E-state index contributed by atoms with van der Waals surface area (Å²) in [6.45, 7) is 1.59. The summed E-state index contributed by atoms with van der Waals surface area (Å²) in [5.41, 5.74) is 3.91. The molecule has 0 atom stereocenters. The minimum atomic E-state index is -0.521. The van der Waals surface area contributed by atoms with Crippen LogP contribution in [0.5, 0.6) is 5.75 Å². The Morgan fingerprint density at radius 3 is 2.57 bits per heavy atom. The van der Waals surface area contributed by atoms with Gasteiger partial charge in [0.05, 0.1) is 27.7 Å². The molecular weight excluding hydrogens is 451 g/mol. The van der Waals surface area contributed by atoms with Crippen molar-refractivity contribution < 1.29 is 19.4 Å². The highest BCUT2D eigenvalue weighted by Crippen LogP contribution is 2.35. The van der Waals surface area contributed by atoms with Crippen LogP contribution in [0, 0.1) is 0 Å². The SMILES string of the molecule is COC(=O)c1ccc(C(=O)N/N=C(/C)c2nn(C)c(-c3ccc(Cl)c(Cl)c3)c2O)s1. The number of nitrogens with one attached hydrogen (secondary N) is 1. The predicted molar refractivity (Wildman–Crippen MR) is 116 cm³/mol. The normalized spacial score (nSPS) is 11.4. The quantitative estimate of drug-likeness (QED) is 0.334. The Morgan fingerprint density at radius 1 is 1.20 bits per heavy atom. The molecular formula is C19H16Cl2N4O4S. The lowest BCUT2D eigenvalue weighted by Crippen LogP contribution is -2.18. The number of rotatable bonds is 5. The molecule has 0 spiro atoms. The summed E-state index contributed by atoms with van der Waals surface area (Å²) >= 11 is 13.0. The first-order chi connectivity index (χ1) is 14.2. The van der Waals surface area contributed by atoms with E-state index >= 15 is 0 Å². The van der Waals surface area contributed by atoms with Gasteiger partial charge < -0.3 is 9.84 Å². The number of halogens is 2. The Hall–Kier alpha value is -2.88. The molecule has 8 nitrogen and oxygen atoms in total. The van der Waals surface area contributed by atoms with Gasteiger partial charge >= 0.3 is 5.97 Å². The second-order valence-electron chi connectivity index (χ2n) is 6.09. The summed E-state index contributed by atoms with van der Waals surface area (Å²) in [5, 5.41) is 19.7. The molecule has 0 saturated carbocycles. The van der Waals surface area contributed by atoms with Gasteiger partial charge in [0.25, 0.3) is 5.91 Å². The van der Waals surface area contributed by atoms with Crippen molar-refractivity contribution in [3.63, 3.8) is 0 Å². The van der Waals surface area contributed by atoms with Gasteiger partial charge in [-0.3, -0.25) is 9.48 Å². The van der Waals surface area contributed by atoms with E-state index in [-0.39, 0.29) is 22.0 Å². The van der Waals surface area contributed by atoms with Crippen LogP contribution in [0.2, 0.25) is 10.0 Å². The standard InChI is InChI=1S/C19H16Cl2N4O4S/c1-9(22-23-18(27)13-6-7-14(30-13)19(28)29-3)15-17(26)16(25(2)24-15)10-4-5-11(20)12(21)8-10/h4-8,26H,1-3H3,(H,23,27)/b22-9-. The summed E-state index contributed by atoms with van der Waals surface area (Å²) in [7, 11) is 2.92. The molecule has 3 aromatic rings. The number of aryl methyl sites for hydroxylation is 1. The smallest absolute Gasteiger partial charge is 0.348 e. The van der Waals surface area contributed by atoms with Crippen molar-refractivity contribution in [2.45, 2.75) is 6.92 Å². The van der Waals surface area contributed by atoms with E-state index in [1.807, 2.05) is 0 Å². The predicted octanol–water partition coefficient (Wildman–Crippen LogP) is 4.10. The molecule has 0 radical (unpaired) electrons. The van der Waals surface area contributed by atoms with Crippen molar-refractivity contribution in [3.05, 3.63) is 55.8 Å². The van der Waals surface area contributed by atoms with Gasteiger partial charge in [-0.1, -0.05) is 29.3 Å². The molecule has 2 aromatic heterocycles. The molecule has 2 N–H and O–H groups in total. The van der Waals surface area contributed by atoms with E-state index in [1.165, 1.54) is 23.9 Å². The average Bonchev–Trinajstić information content (AvgIpc) is 3.32. The number of hydrogen-bond donors (Lipinski definition) is 2. The number of hydrazone groups is 1. The Labute approximate surface area is 185 Å². The molecule has 156 valence electrons. The first-order valence-electron chi connectivity index (χ1n) is 8.47. The number of methoxy groups -OCH3 is 1. The van der Waals surface area contributed by atoms with Gasteiger partial charge in [0.2, 0.25) is 0 Å². The first-order valence-corrected chi connectivity index (χ1v) is 10.0. The van der Waals surface area contributed by atoms with Crippen LogP contribution in [-0.4, -0.2) is 39.6 Å². The lowest BCUT2D eigenvalue weighted by molar-refractivity contribution is 0.0606. The fourth-order valence-corrected chi connectivity index (χ4v) is 3.75. The maximum Gasteiger partial charge on any atom is 0.348 e. The Balaban J connectivity index is 1.83. The summed E-state index contributed by atoms with van der Waals surface area (Å²) < 4.78 is 6.10. The average molecular weight is 467 g/mol. The second-order valence-corrected chi connectivity index (χ2v) is 7.99. The van der Waals surface area contributed by atoms with Crippen LogP contribution < -0.4 is 5.43 Å². The summed E-state index contributed by atoms with van der Waals surface area (Å²) in [5.74, 6) is -1.14. The molecule has 0 aliphatic heterocycles. The topological polar surface area (TPSA) is 106 Å². The van der Waals surface area contributed by atoms with Crippen LogP contribution in [0.15, 0.2) is 35.4 Å². The first kappa shape index (κ1) is 21.8. The number of aromatic nitrogens is 2. The number of ether oxygens (including phenoxy) is 1. The lowest BCUT2D eigenvalue weighted by Gasteiger charge is -2.04. The Kier molecular flexibility index (Phi) is 6.45. The van der Waals surface area contributed by atoms with Gasteiger partial charge in [0, 0.05) is 12.6 Å². The molecule has 0 unspecified atom stereocenters. The Bertz CT molecular complexity index is 1170. The second kappa shape index (κ2) is 8.86. The van der Waals surface area contributed by atoms with E-state index in [2.05, 4.69) is 20.4 Å². The fraction of sp³-hybridized carbons (Fsp3) is 0.158. The zero-order chi connectivity index (χ0) is 22.0. The molecule has 0 fully saturated rings. The number of benzene rings is 1. The van der Waals surface area contributed by atoms with Crippen LogP contribution in [0.25, 0.3) is 11.3 Å². The lowest BCUT2D eigenvalue weighted by atomic mass is 10.1. The number of thiophene rings is 1. The van der Waals surface area contributed by atoms with E-state index in [0.29, 0.717) is 26.2 Å². The monoisotopic (exact) mass is 466 g/mol.